The molecule has 0 aliphatic rings. The van der Waals surface area contributed by atoms with E-state index in [-0.39, 0.29) is 36.6 Å². The summed E-state index contributed by atoms with van der Waals surface area (Å²) >= 11 is 0. The number of ketones is 1. The van der Waals surface area contributed by atoms with E-state index < -0.39 is 0 Å². The number of amides is 1. The molecule has 118 valence electrons. The van der Waals surface area contributed by atoms with Crippen molar-refractivity contribution in [1.29, 1.82) is 0 Å². The normalized spacial score (nSPS) is 11.2. The Morgan fingerprint density at radius 1 is 1.33 bits per heavy atom. The zero-order valence-electron chi connectivity index (χ0n) is 12.9. The molecule has 0 aromatic heterocycles. The molecule has 0 aliphatic carbocycles. The topological polar surface area (TPSA) is 67.4 Å². The molecule has 1 atom stereocenters. The number of halogens is 1. The van der Waals surface area contributed by atoms with Gasteiger partial charge in [0.25, 0.3) is 0 Å². The van der Waals surface area contributed by atoms with Crippen molar-refractivity contribution < 1.29 is 14.3 Å². The zero-order valence-corrected chi connectivity index (χ0v) is 13.7. The third-order valence-corrected chi connectivity index (χ3v) is 3.14. The number of nitrogens with one attached hydrogen (secondary N) is 2. The second-order valence-corrected chi connectivity index (χ2v) is 4.75. The lowest BCUT2D eigenvalue weighted by Crippen LogP contribution is -2.37. The van der Waals surface area contributed by atoms with Crippen LogP contribution in [0.15, 0.2) is 18.2 Å². The van der Waals surface area contributed by atoms with Gasteiger partial charge in [0, 0.05) is 23.7 Å². The van der Waals surface area contributed by atoms with Crippen LogP contribution in [0.4, 0.5) is 0 Å². The monoisotopic (exact) mass is 314 g/mol. The summed E-state index contributed by atoms with van der Waals surface area (Å²) in [6, 6.07) is 5.34. The van der Waals surface area contributed by atoms with E-state index in [1.54, 1.807) is 25.3 Å². The minimum absolute atomic E-state index is 0. The molecular formula is C15H23ClN2O3. The summed E-state index contributed by atoms with van der Waals surface area (Å²) in [5.74, 6) is 0.496. The second-order valence-electron chi connectivity index (χ2n) is 4.75. The fourth-order valence-electron chi connectivity index (χ4n) is 1.74. The van der Waals surface area contributed by atoms with Crippen molar-refractivity contribution >= 4 is 24.1 Å². The number of ether oxygens (including phenoxy) is 1. The summed E-state index contributed by atoms with van der Waals surface area (Å²) in [4.78, 5) is 23.3. The van der Waals surface area contributed by atoms with Crippen LogP contribution in [0.5, 0.6) is 5.75 Å². The lowest BCUT2D eigenvalue weighted by Gasteiger charge is -2.13. The van der Waals surface area contributed by atoms with Crippen LogP contribution in [-0.2, 0) is 11.2 Å². The molecule has 1 rings (SSSR count). The molecule has 1 aromatic rings. The first kappa shape index (κ1) is 19.4. The van der Waals surface area contributed by atoms with Crippen molar-refractivity contribution in [2.75, 3.05) is 20.7 Å². The van der Waals surface area contributed by atoms with Crippen molar-refractivity contribution in [3.63, 3.8) is 0 Å². The number of carbonyl (C=O) groups is 2. The number of methoxy groups -OCH3 is 1. The SMILES string of the molecule is CNC(C)CNC(=O)Cc1cc(C(C)=O)ccc1OC.Cl. The molecule has 6 heteroatoms. The Hall–Kier alpha value is -1.59. The lowest BCUT2D eigenvalue weighted by molar-refractivity contribution is -0.120. The maximum absolute atomic E-state index is 11.9. The fourth-order valence-corrected chi connectivity index (χ4v) is 1.74. The van der Waals surface area contributed by atoms with Crippen LogP contribution in [0.3, 0.4) is 0 Å². The average Bonchev–Trinajstić information content (AvgIpc) is 2.44. The number of benzene rings is 1. The Morgan fingerprint density at radius 2 is 2.00 bits per heavy atom. The molecule has 0 spiro atoms. The predicted octanol–water partition coefficient (Wildman–Crippen LogP) is 1.59. The van der Waals surface area contributed by atoms with Gasteiger partial charge in [-0.15, -0.1) is 12.4 Å². The molecule has 0 fully saturated rings. The van der Waals surface area contributed by atoms with Gasteiger partial charge < -0.3 is 15.4 Å². The summed E-state index contributed by atoms with van der Waals surface area (Å²) < 4.78 is 5.22. The molecule has 1 amide bonds. The number of likely N-dealkylation sites (N-methyl/N-ethyl adjacent to an activating group) is 1. The highest BCUT2D eigenvalue weighted by Crippen LogP contribution is 2.20. The van der Waals surface area contributed by atoms with E-state index in [1.165, 1.54) is 6.92 Å². The highest BCUT2D eigenvalue weighted by Gasteiger charge is 2.11. The van der Waals surface area contributed by atoms with Crippen molar-refractivity contribution in [2.24, 2.45) is 0 Å². The highest BCUT2D eigenvalue weighted by atomic mass is 35.5. The van der Waals surface area contributed by atoms with Gasteiger partial charge in [-0.3, -0.25) is 9.59 Å². The van der Waals surface area contributed by atoms with Crippen molar-refractivity contribution in [3.05, 3.63) is 29.3 Å². The van der Waals surface area contributed by atoms with Gasteiger partial charge in [0.2, 0.25) is 5.91 Å². The van der Waals surface area contributed by atoms with E-state index in [4.69, 9.17) is 4.74 Å². The first-order valence-electron chi connectivity index (χ1n) is 6.59. The van der Waals surface area contributed by atoms with Crippen LogP contribution in [0.25, 0.3) is 0 Å². The molecular weight excluding hydrogens is 292 g/mol. The van der Waals surface area contributed by atoms with Gasteiger partial charge in [0.05, 0.1) is 13.5 Å². The number of hydrogen-bond donors (Lipinski definition) is 2. The molecule has 5 nitrogen and oxygen atoms in total. The third-order valence-electron chi connectivity index (χ3n) is 3.14. The van der Waals surface area contributed by atoms with Crippen LogP contribution < -0.4 is 15.4 Å². The molecule has 1 aromatic carbocycles. The molecule has 0 heterocycles. The molecule has 0 aliphatic heterocycles. The number of rotatable bonds is 7. The highest BCUT2D eigenvalue weighted by molar-refractivity contribution is 5.94. The minimum atomic E-state index is -0.0916. The Bertz CT molecular complexity index is 492. The summed E-state index contributed by atoms with van der Waals surface area (Å²) in [5.41, 5.74) is 1.30. The third kappa shape index (κ3) is 6.14. The lowest BCUT2D eigenvalue weighted by atomic mass is 10.0. The molecule has 0 bridgehead atoms. The van der Waals surface area contributed by atoms with Gasteiger partial charge in [-0.1, -0.05) is 0 Å². The fraction of sp³-hybridized carbons (Fsp3) is 0.467. The van der Waals surface area contributed by atoms with Crippen LogP contribution >= 0.6 is 12.4 Å². The van der Waals surface area contributed by atoms with Gasteiger partial charge in [-0.2, -0.15) is 0 Å². The summed E-state index contributed by atoms with van der Waals surface area (Å²) in [7, 11) is 3.39. The van der Waals surface area contributed by atoms with Crippen LogP contribution in [0.1, 0.15) is 29.8 Å². The average molecular weight is 315 g/mol. The van der Waals surface area contributed by atoms with Crippen LogP contribution in [0.2, 0.25) is 0 Å². The van der Waals surface area contributed by atoms with E-state index >= 15 is 0 Å². The maximum atomic E-state index is 11.9. The van der Waals surface area contributed by atoms with E-state index in [0.717, 1.165) is 5.56 Å². The van der Waals surface area contributed by atoms with Crippen molar-refractivity contribution in [1.82, 2.24) is 10.6 Å². The van der Waals surface area contributed by atoms with Crippen LogP contribution in [0, 0.1) is 0 Å². The van der Waals surface area contributed by atoms with E-state index in [9.17, 15) is 9.59 Å². The number of Topliss-reactive ketones (excluding diaryl/α,β-unsaturated/α-hetero) is 1. The Kier molecular flexibility index (Phi) is 8.66. The summed E-state index contributed by atoms with van der Waals surface area (Å²) in [6.45, 7) is 4.04. The van der Waals surface area contributed by atoms with Crippen molar-refractivity contribution in [2.45, 2.75) is 26.3 Å². The number of carbonyl (C=O) groups excluding carboxylic acids is 2. The first-order chi connectivity index (χ1) is 9.47. The van der Waals surface area contributed by atoms with E-state index in [0.29, 0.717) is 17.9 Å². The van der Waals surface area contributed by atoms with Gasteiger partial charge in [-0.05, 0) is 39.1 Å². The van der Waals surface area contributed by atoms with Crippen molar-refractivity contribution in [3.8, 4) is 5.75 Å². The first-order valence-corrected chi connectivity index (χ1v) is 6.59. The summed E-state index contributed by atoms with van der Waals surface area (Å²) in [6.07, 6.45) is 0.195. The molecule has 0 saturated carbocycles. The van der Waals surface area contributed by atoms with Crippen LogP contribution in [-0.4, -0.2) is 38.4 Å². The zero-order chi connectivity index (χ0) is 15.1. The van der Waals surface area contributed by atoms with E-state index in [1.807, 2.05) is 14.0 Å². The van der Waals surface area contributed by atoms with E-state index in [2.05, 4.69) is 10.6 Å². The van der Waals surface area contributed by atoms with Gasteiger partial charge in [0.15, 0.2) is 5.78 Å². The molecule has 0 saturated heterocycles. The van der Waals surface area contributed by atoms with Gasteiger partial charge >= 0.3 is 0 Å². The summed E-state index contributed by atoms with van der Waals surface area (Å²) in [5, 5.41) is 5.89. The Labute approximate surface area is 131 Å². The molecule has 2 N–H and O–H groups in total. The predicted molar refractivity (Wildman–Crippen MR) is 85.5 cm³/mol. The van der Waals surface area contributed by atoms with Gasteiger partial charge in [0.1, 0.15) is 5.75 Å². The molecule has 21 heavy (non-hydrogen) atoms. The molecule has 1 unspecified atom stereocenters. The van der Waals surface area contributed by atoms with Gasteiger partial charge in [-0.25, -0.2) is 0 Å². The number of hydrogen-bond acceptors (Lipinski definition) is 4. The second kappa shape index (κ2) is 9.37. The maximum Gasteiger partial charge on any atom is 0.224 e. The largest absolute Gasteiger partial charge is 0.496 e. The Morgan fingerprint density at radius 3 is 2.52 bits per heavy atom. The smallest absolute Gasteiger partial charge is 0.224 e. The quantitative estimate of drug-likeness (QED) is 0.750. The standard InChI is InChI=1S/C15H22N2O3.ClH/c1-10(16-3)9-17-15(19)8-13-7-12(11(2)18)5-6-14(13)20-4;/h5-7,10,16H,8-9H2,1-4H3,(H,17,19);1H. The minimum Gasteiger partial charge on any atom is -0.496 e. The Balaban J connectivity index is 0.00000400. The molecule has 0 radical (unpaired) electrons.